The summed E-state index contributed by atoms with van der Waals surface area (Å²) in [7, 11) is 0. The molecule has 82 valence electrons. The topological polar surface area (TPSA) is 57.4 Å². The van der Waals surface area contributed by atoms with Crippen molar-refractivity contribution in [2.75, 3.05) is 18.9 Å². The summed E-state index contributed by atoms with van der Waals surface area (Å²) in [6.07, 6.45) is 3.82. The van der Waals surface area contributed by atoms with Crippen LogP contribution in [0.5, 0.6) is 5.88 Å². The Bertz CT molecular complexity index is 340. The van der Waals surface area contributed by atoms with E-state index in [-0.39, 0.29) is 6.10 Å². The van der Waals surface area contributed by atoms with Gasteiger partial charge in [0.1, 0.15) is 11.6 Å². The molecule has 0 amide bonds. The molecule has 15 heavy (non-hydrogen) atoms. The fourth-order valence-electron chi connectivity index (χ4n) is 1.49. The molecule has 1 unspecified atom stereocenters. The summed E-state index contributed by atoms with van der Waals surface area (Å²) in [6.45, 7) is 1.31. The molecular formula is C10H13ClN2O2. The van der Waals surface area contributed by atoms with Crippen molar-refractivity contribution in [2.24, 2.45) is 0 Å². The van der Waals surface area contributed by atoms with E-state index >= 15 is 0 Å². The largest absolute Gasteiger partial charge is 0.474 e. The van der Waals surface area contributed by atoms with E-state index < -0.39 is 0 Å². The van der Waals surface area contributed by atoms with Gasteiger partial charge in [-0.2, -0.15) is 0 Å². The van der Waals surface area contributed by atoms with E-state index in [1.54, 1.807) is 6.07 Å². The molecule has 5 heteroatoms. The molecule has 1 aliphatic heterocycles. The first-order chi connectivity index (χ1) is 7.25. The SMILES string of the molecule is Nc1cnc(OCC2CCCO2)c(Cl)c1. The maximum atomic E-state index is 5.91. The lowest BCUT2D eigenvalue weighted by molar-refractivity contribution is 0.0664. The molecule has 1 fully saturated rings. The number of nitrogens with two attached hydrogens (primary N) is 1. The molecule has 1 saturated heterocycles. The summed E-state index contributed by atoms with van der Waals surface area (Å²) in [5.41, 5.74) is 6.05. The molecule has 0 aliphatic carbocycles. The number of hydrogen-bond acceptors (Lipinski definition) is 4. The average molecular weight is 229 g/mol. The van der Waals surface area contributed by atoms with Crippen molar-refractivity contribution >= 4 is 17.3 Å². The molecule has 0 spiro atoms. The molecule has 1 aliphatic rings. The molecule has 1 atom stereocenters. The van der Waals surface area contributed by atoms with Gasteiger partial charge in [-0.15, -0.1) is 0 Å². The van der Waals surface area contributed by atoms with Crippen molar-refractivity contribution in [3.05, 3.63) is 17.3 Å². The smallest absolute Gasteiger partial charge is 0.232 e. The van der Waals surface area contributed by atoms with E-state index in [4.69, 9.17) is 26.8 Å². The predicted octanol–water partition coefficient (Wildman–Crippen LogP) is 1.88. The van der Waals surface area contributed by atoms with E-state index in [1.165, 1.54) is 6.20 Å². The number of nitrogens with zero attached hydrogens (tertiary/aromatic N) is 1. The number of ether oxygens (including phenoxy) is 2. The van der Waals surface area contributed by atoms with Crippen LogP contribution in [0.2, 0.25) is 5.02 Å². The van der Waals surface area contributed by atoms with Crippen LogP contribution in [-0.4, -0.2) is 24.3 Å². The second-order valence-corrected chi connectivity index (χ2v) is 3.91. The molecule has 2 N–H and O–H groups in total. The van der Waals surface area contributed by atoms with Crippen molar-refractivity contribution < 1.29 is 9.47 Å². The molecule has 0 bridgehead atoms. The predicted molar refractivity (Wildman–Crippen MR) is 58.1 cm³/mol. The third kappa shape index (κ3) is 2.73. The van der Waals surface area contributed by atoms with Gasteiger partial charge in [-0.1, -0.05) is 11.6 Å². The van der Waals surface area contributed by atoms with Crippen LogP contribution < -0.4 is 10.5 Å². The van der Waals surface area contributed by atoms with Gasteiger partial charge in [0.2, 0.25) is 5.88 Å². The minimum Gasteiger partial charge on any atom is -0.474 e. The summed E-state index contributed by atoms with van der Waals surface area (Å²) < 4.78 is 10.9. The van der Waals surface area contributed by atoms with Gasteiger partial charge in [0.25, 0.3) is 0 Å². The first kappa shape index (κ1) is 10.5. The standard InChI is InChI=1S/C10H13ClN2O2/c11-9-4-7(12)5-13-10(9)15-6-8-2-1-3-14-8/h4-5,8H,1-3,6,12H2. The van der Waals surface area contributed by atoms with Gasteiger partial charge >= 0.3 is 0 Å². The lowest BCUT2D eigenvalue weighted by atomic mass is 10.2. The first-order valence-electron chi connectivity index (χ1n) is 4.91. The minimum absolute atomic E-state index is 0.167. The Morgan fingerprint density at radius 3 is 3.20 bits per heavy atom. The maximum absolute atomic E-state index is 5.91. The minimum atomic E-state index is 0.167. The summed E-state index contributed by atoms with van der Waals surface area (Å²) in [5.74, 6) is 0.418. The highest BCUT2D eigenvalue weighted by Gasteiger charge is 2.16. The number of anilines is 1. The number of nitrogen functional groups attached to an aromatic ring is 1. The van der Waals surface area contributed by atoms with Crippen LogP contribution in [0.4, 0.5) is 5.69 Å². The second kappa shape index (κ2) is 4.68. The summed E-state index contributed by atoms with van der Waals surface area (Å²) in [4.78, 5) is 4.00. The molecule has 1 aromatic heterocycles. The third-order valence-electron chi connectivity index (χ3n) is 2.26. The molecule has 0 radical (unpaired) electrons. The second-order valence-electron chi connectivity index (χ2n) is 3.50. The molecule has 4 nitrogen and oxygen atoms in total. The van der Waals surface area contributed by atoms with Crippen LogP contribution in [0, 0.1) is 0 Å². The highest BCUT2D eigenvalue weighted by molar-refractivity contribution is 6.32. The zero-order valence-corrected chi connectivity index (χ0v) is 9.04. The van der Waals surface area contributed by atoms with Gasteiger partial charge in [-0.05, 0) is 18.9 Å². The van der Waals surface area contributed by atoms with E-state index in [1.807, 2.05) is 0 Å². The third-order valence-corrected chi connectivity index (χ3v) is 2.53. The highest BCUT2D eigenvalue weighted by Crippen LogP contribution is 2.24. The van der Waals surface area contributed by atoms with Crippen LogP contribution in [-0.2, 0) is 4.74 Å². The van der Waals surface area contributed by atoms with Gasteiger partial charge < -0.3 is 15.2 Å². The van der Waals surface area contributed by atoms with Gasteiger partial charge in [0.15, 0.2) is 0 Å². The van der Waals surface area contributed by atoms with Crippen molar-refractivity contribution in [2.45, 2.75) is 18.9 Å². The lowest BCUT2D eigenvalue weighted by Gasteiger charge is -2.11. The normalized spacial score (nSPS) is 20.5. The Morgan fingerprint density at radius 2 is 2.53 bits per heavy atom. The zero-order valence-electron chi connectivity index (χ0n) is 8.28. The summed E-state index contributed by atoms with van der Waals surface area (Å²) >= 11 is 5.91. The Hall–Kier alpha value is -1.00. The number of rotatable bonds is 3. The van der Waals surface area contributed by atoms with Gasteiger partial charge in [0, 0.05) is 6.61 Å². The van der Waals surface area contributed by atoms with Crippen LogP contribution in [0.3, 0.4) is 0 Å². The quantitative estimate of drug-likeness (QED) is 0.858. The lowest BCUT2D eigenvalue weighted by Crippen LogP contribution is -2.16. The Kier molecular flexibility index (Phi) is 3.28. The monoisotopic (exact) mass is 228 g/mol. The summed E-state index contributed by atoms with van der Waals surface area (Å²) in [6, 6.07) is 1.62. The molecule has 2 heterocycles. The van der Waals surface area contributed by atoms with E-state index in [0.717, 1.165) is 19.4 Å². The molecule has 0 aromatic carbocycles. The fourth-order valence-corrected chi connectivity index (χ4v) is 1.72. The Labute approximate surface area is 93.3 Å². The van der Waals surface area contributed by atoms with Crippen LogP contribution in [0.15, 0.2) is 12.3 Å². The number of pyridine rings is 1. The van der Waals surface area contributed by atoms with Gasteiger partial charge in [0.05, 0.1) is 18.0 Å². The van der Waals surface area contributed by atoms with E-state index in [2.05, 4.69) is 4.98 Å². The maximum Gasteiger partial charge on any atom is 0.232 e. The fraction of sp³-hybridized carbons (Fsp3) is 0.500. The number of aromatic nitrogens is 1. The zero-order chi connectivity index (χ0) is 10.7. The first-order valence-corrected chi connectivity index (χ1v) is 5.29. The molecule has 2 rings (SSSR count). The van der Waals surface area contributed by atoms with E-state index in [0.29, 0.717) is 23.2 Å². The highest BCUT2D eigenvalue weighted by atomic mass is 35.5. The van der Waals surface area contributed by atoms with Gasteiger partial charge in [-0.25, -0.2) is 4.98 Å². The van der Waals surface area contributed by atoms with Crippen molar-refractivity contribution in [1.82, 2.24) is 4.98 Å². The molecule has 1 aromatic rings. The van der Waals surface area contributed by atoms with Crippen LogP contribution >= 0.6 is 11.6 Å². The number of hydrogen-bond donors (Lipinski definition) is 1. The van der Waals surface area contributed by atoms with Gasteiger partial charge in [-0.3, -0.25) is 0 Å². The summed E-state index contributed by atoms with van der Waals surface area (Å²) in [5, 5.41) is 0.438. The molecular weight excluding hydrogens is 216 g/mol. The van der Waals surface area contributed by atoms with Crippen LogP contribution in [0.25, 0.3) is 0 Å². The molecule has 0 saturated carbocycles. The van der Waals surface area contributed by atoms with Crippen molar-refractivity contribution in [3.8, 4) is 5.88 Å². The van der Waals surface area contributed by atoms with E-state index in [9.17, 15) is 0 Å². The van der Waals surface area contributed by atoms with Crippen molar-refractivity contribution in [1.29, 1.82) is 0 Å². The average Bonchev–Trinajstić information content (AvgIpc) is 2.69. The number of halogens is 1. The Balaban J connectivity index is 1.92. The Morgan fingerprint density at radius 1 is 1.67 bits per heavy atom. The van der Waals surface area contributed by atoms with Crippen LogP contribution in [0.1, 0.15) is 12.8 Å². The van der Waals surface area contributed by atoms with Crippen molar-refractivity contribution in [3.63, 3.8) is 0 Å².